The van der Waals surface area contributed by atoms with Gasteiger partial charge in [0.2, 0.25) is 11.8 Å². The lowest BCUT2D eigenvalue weighted by Crippen LogP contribution is -2.55. The summed E-state index contributed by atoms with van der Waals surface area (Å²) < 4.78 is 5.35. The topological polar surface area (TPSA) is 87.7 Å². The summed E-state index contributed by atoms with van der Waals surface area (Å²) in [7, 11) is 0. The molecule has 1 aromatic rings. The van der Waals surface area contributed by atoms with Gasteiger partial charge in [-0.1, -0.05) is 51.1 Å². The van der Waals surface area contributed by atoms with E-state index in [9.17, 15) is 14.4 Å². The molecule has 0 saturated heterocycles. The van der Waals surface area contributed by atoms with Gasteiger partial charge < -0.3 is 20.3 Å². The van der Waals surface area contributed by atoms with Crippen molar-refractivity contribution in [3.63, 3.8) is 0 Å². The fourth-order valence-electron chi connectivity index (χ4n) is 4.11. The van der Waals surface area contributed by atoms with E-state index in [2.05, 4.69) is 43.7 Å². The highest BCUT2D eigenvalue weighted by Crippen LogP contribution is 2.41. The zero-order chi connectivity index (χ0) is 26.3. The van der Waals surface area contributed by atoms with Gasteiger partial charge in [-0.3, -0.25) is 9.59 Å². The number of nitrogens with zero attached hydrogens (tertiary/aromatic N) is 1. The first-order valence-electron chi connectivity index (χ1n) is 12.4. The third-order valence-corrected chi connectivity index (χ3v) is 6.31. The smallest absolute Gasteiger partial charge is 0.408 e. The van der Waals surface area contributed by atoms with Crippen molar-refractivity contribution in [1.82, 2.24) is 15.5 Å². The number of carbonyl (C=O) groups is 3. The molecular weight excluding hydrogens is 462 g/mol. The van der Waals surface area contributed by atoms with Gasteiger partial charge in [-0.15, -0.1) is 0 Å². The number of alkyl carbamates (subject to hydrolysis) is 1. The first kappa shape index (κ1) is 28.8. The van der Waals surface area contributed by atoms with Gasteiger partial charge in [0.1, 0.15) is 17.7 Å². The summed E-state index contributed by atoms with van der Waals surface area (Å²) >= 11 is 4.34. The van der Waals surface area contributed by atoms with Crippen LogP contribution in [0.15, 0.2) is 30.8 Å². The standard InChI is InChI=1S/C27H41N3O4S/c1-8-11-18(4)28-24(31)23(20-13-10-12-19(9-2)15-20)30(22-14-17(22)3)25(32)21(16-35)29-26(33)34-27(5,6)7/h9-10,12-13,15,17-18,21-23,35H,2,8,11,14,16H2,1,3-7H3,(H,28,31)(H,29,33). The fraction of sp³-hybridized carbons (Fsp3) is 0.593. The van der Waals surface area contributed by atoms with Crippen molar-refractivity contribution in [3.8, 4) is 0 Å². The quantitative estimate of drug-likeness (QED) is 0.381. The Balaban J connectivity index is 2.45. The normalized spacial score (nSPS) is 19.6. The molecule has 194 valence electrons. The van der Waals surface area contributed by atoms with Gasteiger partial charge >= 0.3 is 6.09 Å². The molecule has 0 spiro atoms. The zero-order valence-corrected chi connectivity index (χ0v) is 22.7. The summed E-state index contributed by atoms with van der Waals surface area (Å²) in [4.78, 5) is 41.7. The number of hydrogen-bond acceptors (Lipinski definition) is 5. The van der Waals surface area contributed by atoms with E-state index < -0.39 is 23.8 Å². The van der Waals surface area contributed by atoms with E-state index in [0.717, 1.165) is 24.8 Å². The second-order valence-corrected chi connectivity index (χ2v) is 10.7. The van der Waals surface area contributed by atoms with E-state index in [1.54, 1.807) is 31.7 Å². The molecule has 3 amide bonds. The van der Waals surface area contributed by atoms with Crippen LogP contribution in [-0.2, 0) is 14.3 Å². The minimum Gasteiger partial charge on any atom is -0.444 e. The molecule has 2 N–H and O–H groups in total. The molecule has 1 aliphatic rings. The number of benzene rings is 1. The van der Waals surface area contributed by atoms with E-state index in [1.165, 1.54) is 0 Å². The predicted molar refractivity (Wildman–Crippen MR) is 143 cm³/mol. The predicted octanol–water partition coefficient (Wildman–Crippen LogP) is 4.74. The Morgan fingerprint density at radius 2 is 1.94 bits per heavy atom. The third kappa shape index (κ3) is 8.30. The van der Waals surface area contributed by atoms with Crippen LogP contribution in [0.1, 0.15) is 78.0 Å². The summed E-state index contributed by atoms with van der Waals surface area (Å²) in [5.74, 6) is -0.280. The van der Waals surface area contributed by atoms with Crippen LogP contribution in [-0.4, -0.2) is 52.3 Å². The lowest BCUT2D eigenvalue weighted by molar-refractivity contribution is -0.143. The van der Waals surface area contributed by atoms with Crippen LogP contribution in [0.2, 0.25) is 0 Å². The lowest BCUT2D eigenvalue weighted by atomic mass is 9.99. The Labute approximate surface area is 215 Å². The summed E-state index contributed by atoms with van der Waals surface area (Å²) in [5.41, 5.74) is 0.851. The van der Waals surface area contributed by atoms with Crippen molar-refractivity contribution in [1.29, 1.82) is 0 Å². The molecule has 1 aromatic carbocycles. The fourth-order valence-corrected chi connectivity index (χ4v) is 4.36. The van der Waals surface area contributed by atoms with Crippen LogP contribution in [0.5, 0.6) is 0 Å². The van der Waals surface area contributed by atoms with Crippen molar-refractivity contribution in [2.75, 3.05) is 5.75 Å². The number of thiol groups is 1. The van der Waals surface area contributed by atoms with E-state index >= 15 is 0 Å². The molecule has 5 atom stereocenters. The summed E-state index contributed by atoms with van der Waals surface area (Å²) in [6.45, 7) is 15.2. The molecule has 0 radical (unpaired) electrons. The summed E-state index contributed by atoms with van der Waals surface area (Å²) in [6, 6.07) is 5.56. The second-order valence-electron chi connectivity index (χ2n) is 10.4. The van der Waals surface area contributed by atoms with Gasteiger partial charge in [0, 0.05) is 17.8 Å². The highest BCUT2D eigenvalue weighted by molar-refractivity contribution is 7.80. The molecule has 7 nitrogen and oxygen atoms in total. The SMILES string of the molecule is C=Cc1cccc(C(C(=O)NC(C)CCC)N(C(=O)C(CS)NC(=O)OC(C)(C)C)C2CC2C)c1. The van der Waals surface area contributed by atoms with Gasteiger partial charge in [-0.25, -0.2) is 4.79 Å². The molecular formula is C27H41N3O4S. The number of nitrogens with one attached hydrogen (secondary N) is 2. The van der Waals surface area contributed by atoms with Gasteiger partial charge in [-0.05, 0) is 63.6 Å². The van der Waals surface area contributed by atoms with Crippen LogP contribution in [0.25, 0.3) is 6.08 Å². The molecule has 8 heteroatoms. The summed E-state index contributed by atoms with van der Waals surface area (Å²) in [5, 5.41) is 5.74. The van der Waals surface area contributed by atoms with E-state index in [0.29, 0.717) is 5.56 Å². The molecule has 1 saturated carbocycles. The Morgan fingerprint density at radius 3 is 2.46 bits per heavy atom. The Kier molecular flexibility index (Phi) is 10.2. The van der Waals surface area contributed by atoms with Gasteiger partial charge in [0.25, 0.3) is 0 Å². The molecule has 1 aliphatic carbocycles. The van der Waals surface area contributed by atoms with E-state index in [4.69, 9.17) is 4.74 Å². The second kappa shape index (κ2) is 12.5. The molecule has 1 fully saturated rings. The maximum Gasteiger partial charge on any atom is 0.408 e. The molecule has 0 heterocycles. The highest BCUT2D eigenvalue weighted by Gasteiger charge is 2.48. The lowest BCUT2D eigenvalue weighted by Gasteiger charge is -2.35. The zero-order valence-electron chi connectivity index (χ0n) is 21.8. The Morgan fingerprint density at radius 1 is 1.29 bits per heavy atom. The van der Waals surface area contributed by atoms with Crippen LogP contribution >= 0.6 is 12.6 Å². The molecule has 0 bridgehead atoms. The van der Waals surface area contributed by atoms with E-state index in [-0.39, 0.29) is 35.6 Å². The monoisotopic (exact) mass is 503 g/mol. The number of ether oxygens (including phenoxy) is 1. The number of amides is 3. The van der Waals surface area contributed by atoms with Gasteiger partial charge in [0.05, 0.1) is 0 Å². The third-order valence-electron chi connectivity index (χ3n) is 5.95. The minimum absolute atomic E-state index is 0.0354. The first-order chi connectivity index (χ1) is 16.4. The van der Waals surface area contributed by atoms with E-state index in [1.807, 2.05) is 31.2 Å². The highest BCUT2D eigenvalue weighted by atomic mass is 32.1. The van der Waals surface area contributed by atoms with Crippen molar-refractivity contribution < 1.29 is 19.1 Å². The maximum absolute atomic E-state index is 13.9. The Bertz CT molecular complexity index is 914. The molecule has 0 aromatic heterocycles. The van der Waals surface area contributed by atoms with Gasteiger partial charge in [0.15, 0.2) is 0 Å². The van der Waals surface area contributed by atoms with Crippen LogP contribution in [0, 0.1) is 5.92 Å². The Hall–Kier alpha value is -2.48. The number of carbonyl (C=O) groups excluding carboxylic acids is 3. The average Bonchev–Trinajstić information content (AvgIpc) is 3.49. The minimum atomic E-state index is -0.938. The van der Waals surface area contributed by atoms with Crippen molar-refractivity contribution >= 4 is 36.6 Å². The molecule has 0 aliphatic heterocycles. The molecule has 2 rings (SSSR count). The molecule has 35 heavy (non-hydrogen) atoms. The van der Waals surface area contributed by atoms with Crippen molar-refractivity contribution in [2.24, 2.45) is 5.92 Å². The van der Waals surface area contributed by atoms with Crippen LogP contribution in [0.4, 0.5) is 4.79 Å². The van der Waals surface area contributed by atoms with Gasteiger partial charge in [-0.2, -0.15) is 12.6 Å². The van der Waals surface area contributed by atoms with Crippen LogP contribution < -0.4 is 10.6 Å². The maximum atomic E-state index is 13.9. The summed E-state index contributed by atoms with van der Waals surface area (Å²) in [6.07, 6.45) is 3.57. The van der Waals surface area contributed by atoms with Crippen molar-refractivity contribution in [2.45, 2.75) is 90.6 Å². The van der Waals surface area contributed by atoms with Crippen molar-refractivity contribution in [3.05, 3.63) is 42.0 Å². The first-order valence-corrected chi connectivity index (χ1v) is 13.0. The largest absolute Gasteiger partial charge is 0.444 e. The molecule has 5 unspecified atom stereocenters. The average molecular weight is 504 g/mol. The number of rotatable bonds is 11. The van der Waals surface area contributed by atoms with Crippen LogP contribution in [0.3, 0.4) is 0 Å². The number of hydrogen-bond donors (Lipinski definition) is 3.